The molecule has 0 aromatic heterocycles. The van der Waals surface area contributed by atoms with Gasteiger partial charge < -0.3 is 18.9 Å². The largest absolute Gasteiger partial charge is 0.497 e. The fourth-order valence-electron chi connectivity index (χ4n) is 6.66. The number of rotatable bonds is 14. The summed E-state index contributed by atoms with van der Waals surface area (Å²) in [6.07, 6.45) is 1.82. The van der Waals surface area contributed by atoms with Crippen LogP contribution in [0.25, 0.3) is 0 Å². The molecule has 4 amide bonds. The molecule has 268 valence electrons. The van der Waals surface area contributed by atoms with Crippen LogP contribution in [-0.4, -0.2) is 73.3 Å². The van der Waals surface area contributed by atoms with Crippen LogP contribution in [-0.2, 0) is 44.7 Å². The second kappa shape index (κ2) is 16.9. The lowest BCUT2D eigenvalue weighted by Gasteiger charge is -2.25. The number of carbonyl (C=O) groups excluding carboxylic acids is 4. The minimum absolute atomic E-state index is 0.0771. The van der Waals surface area contributed by atoms with Crippen LogP contribution >= 0.6 is 0 Å². The Hall–Kier alpha value is -5.90. The summed E-state index contributed by atoms with van der Waals surface area (Å²) in [6, 6.07) is 33.0. The van der Waals surface area contributed by atoms with Crippen LogP contribution in [0.5, 0.6) is 11.5 Å². The second-order valence-electron chi connectivity index (χ2n) is 13.0. The summed E-state index contributed by atoms with van der Waals surface area (Å²) in [5.74, 6) is -0.278. The molecule has 2 heterocycles. The minimum atomic E-state index is -0.735. The number of amides is 4. The molecule has 10 nitrogen and oxygen atoms in total. The lowest BCUT2D eigenvalue weighted by molar-refractivity contribution is -0.133. The summed E-state index contributed by atoms with van der Waals surface area (Å²) < 4.78 is 21.5. The van der Waals surface area contributed by atoms with E-state index in [2.05, 4.69) is 0 Å². The predicted molar refractivity (Wildman–Crippen MR) is 194 cm³/mol. The van der Waals surface area contributed by atoms with E-state index in [0.29, 0.717) is 29.9 Å². The van der Waals surface area contributed by atoms with E-state index >= 15 is 0 Å². The average Bonchev–Trinajstić information content (AvgIpc) is 3.73. The van der Waals surface area contributed by atoms with Crippen molar-refractivity contribution in [2.75, 3.05) is 27.4 Å². The van der Waals surface area contributed by atoms with Gasteiger partial charge in [-0.2, -0.15) is 0 Å². The topological polar surface area (TPSA) is 112 Å². The highest BCUT2D eigenvalue weighted by Gasteiger charge is 2.42. The highest BCUT2D eigenvalue weighted by atomic mass is 16.6. The van der Waals surface area contributed by atoms with Gasteiger partial charge in [-0.3, -0.25) is 9.59 Å². The van der Waals surface area contributed by atoms with E-state index in [1.165, 1.54) is 9.80 Å². The van der Waals surface area contributed by atoms with Gasteiger partial charge in [0.05, 0.1) is 26.3 Å². The Morgan fingerprint density at radius 1 is 0.673 bits per heavy atom. The number of nitrogens with zero attached hydrogens (tertiary/aromatic N) is 2. The maximum atomic E-state index is 14.4. The van der Waals surface area contributed by atoms with Crippen molar-refractivity contribution in [3.63, 3.8) is 0 Å². The van der Waals surface area contributed by atoms with Gasteiger partial charge in [-0.05, 0) is 72.2 Å². The molecular formula is C42H42N2O8. The molecule has 0 saturated carbocycles. The number of ether oxygens (including phenoxy) is 4. The molecule has 2 aliphatic heterocycles. The van der Waals surface area contributed by atoms with Gasteiger partial charge in [-0.15, -0.1) is 0 Å². The van der Waals surface area contributed by atoms with Crippen molar-refractivity contribution in [2.45, 2.75) is 44.2 Å². The third-order valence-corrected chi connectivity index (χ3v) is 9.47. The van der Waals surface area contributed by atoms with Gasteiger partial charge in [0.1, 0.15) is 24.7 Å². The lowest BCUT2D eigenvalue weighted by Crippen LogP contribution is -2.44. The molecule has 0 aliphatic carbocycles. The predicted octanol–water partition coefficient (Wildman–Crippen LogP) is 6.60. The maximum absolute atomic E-state index is 14.4. The first-order chi connectivity index (χ1) is 25.3. The van der Waals surface area contributed by atoms with E-state index in [1.807, 2.05) is 109 Å². The number of benzene rings is 4. The molecule has 2 fully saturated rings. The van der Waals surface area contributed by atoms with Gasteiger partial charge >= 0.3 is 12.2 Å². The molecule has 1 unspecified atom stereocenters. The van der Waals surface area contributed by atoms with E-state index in [9.17, 15) is 19.2 Å². The third-order valence-electron chi connectivity index (χ3n) is 9.47. The van der Waals surface area contributed by atoms with Crippen molar-refractivity contribution < 1.29 is 38.1 Å². The summed E-state index contributed by atoms with van der Waals surface area (Å²) in [6.45, 7) is 0.166. The van der Waals surface area contributed by atoms with E-state index in [-0.39, 0.29) is 32.5 Å². The number of allylic oxidation sites excluding steroid dienone is 1. The zero-order valence-corrected chi connectivity index (χ0v) is 29.3. The molecule has 4 aromatic carbocycles. The highest BCUT2D eigenvalue weighted by molar-refractivity contribution is 6.04. The minimum Gasteiger partial charge on any atom is -0.497 e. The maximum Gasteiger partial charge on any atom is 0.417 e. The van der Waals surface area contributed by atoms with E-state index in [1.54, 1.807) is 20.3 Å². The number of methoxy groups -OCH3 is 2. The van der Waals surface area contributed by atoms with Gasteiger partial charge in [0.25, 0.3) is 5.91 Å². The molecule has 0 radical (unpaired) electrons. The zero-order chi connectivity index (χ0) is 36.5. The van der Waals surface area contributed by atoms with Gasteiger partial charge in [0, 0.05) is 17.9 Å². The zero-order valence-electron chi connectivity index (χ0n) is 29.3. The van der Waals surface area contributed by atoms with Crippen molar-refractivity contribution in [3.05, 3.63) is 143 Å². The van der Waals surface area contributed by atoms with E-state index in [4.69, 9.17) is 18.9 Å². The molecule has 2 aliphatic rings. The van der Waals surface area contributed by atoms with Crippen LogP contribution in [0.1, 0.15) is 28.7 Å². The van der Waals surface area contributed by atoms with Gasteiger partial charge in [0.15, 0.2) is 0 Å². The fourth-order valence-corrected chi connectivity index (χ4v) is 6.66. The van der Waals surface area contributed by atoms with Crippen LogP contribution in [0, 0.1) is 5.92 Å². The van der Waals surface area contributed by atoms with Gasteiger partial charge in [0.2, 0.25) is 5.91 Å². The summed E-state index contributed by atoms with van der Waals surface area (Å²) in [4.78, 5) is 57.5. The number of carbonyl (C=O) groups is 4. The Morgan fingerprint density at radius 2 is 1.15 bits per heavy atom. The lowest BCUT2D eigenvalue weighted by atomic mass is 9.91. The summed E-state index contributed by atoms with van der Waals surface area (Å²) >= 11 is 0. The number of cyclic esters (lactones) is 2. The van der Waals surface area contributed by atoms with E-state index < -0.39 is 42.0 Å². The Kier molecular flexibility index (Phi) is 11.7. The van der Waals surface area contributed by atoms with Crippen LogP contribution in [0.4, 0.5) is 9.59 Å². The van der Waals surface area contributed by atoms with Crippen LogP contribution in [0.3, 0.4) is 0 Å². The molecule has 6 rings (SSSR count). The third kappa shape index (κ3) is 8.69. The first-order valence-corrected chi connectivity index (χ1v) is 17.4. The molecule has 2 saturated heterocycles. The summed E-state index contributed by atoms with van der Waals surface area (Å²) in [5, 5.41) is 0. The molecule has 0 spiro atoms. The van der Waals surface area contributed by atoms with Crippen LogP contribution in [0.2, 0.25) is 0 Å². The standard InChI is InChI=1S/C42H42N2O8/c1-49-37-19-13-31(14-20-37)23-33(39(45)43-35(27-51-41(43)47)25-29-9-5-3-6-10-29)17-18-34(24-32-15-21-38(50-2)22-16-32)40(46)44-36(28-52-42(44)48)26-30-11-7-4-8-12-30/h3-17,19-22,34-36H,18,23-28H2,1-2H3/t34?,35-,36-/m0/s1. The quantitative estimate of drug-likeness (QED) is 0.135. The normalized spacial score (nSPS) is 17.8. The highest BCUT2D eigenvalue weighted by Crippen LogP contribution is 2.28. The first kappa shape index (κ1) is 35.9. The van der Waals surface area contributed by atoms with Crippen molar-refractivity contribution in [2.24, 2.45) is 5.92 Å². The Morgan fingerprint density at radius 3 is 1.67 bits per heavy atom. The summed E-state index contributed by atoms with van der Waals surface area (Å²) in [5.41, 5.74) is 3.95. The molecule has 3 atom stereocenters. The molecule has 10 heteroatoms. The second-order valence-corrected chi connectivity index (χ2v) is 13.0. The fraction of sp³-hybridized carbons (Fsp3) is 0.286. The van der Waals surface area contributed by atoms with Gasteiger partial charge in [-0.25, -0.2) is 19.4 Å². The number of imide groups is 2. The number of hydrogen-bond acceptors (Lipinski definition) is 8. The molecule has 4 aromatic rings. The first-order valence-electron chi connectivity index (χ1n) is 17.4. The molecular weight excluding hydrogens is 660 g/mol. The van der Waals surface area contributed by atoms with Crippen molar-refractivity contribution in [1.29, 1.82) is 0 Å². The average molecular weight is 703 g/mol. The summed E-state index contributed by atoms with van der Waals surface area (Å²) in [7, 11) is 3.16. The SMILES string of the molecule is COc1ccc(CC(=CCC(Cc2ccc(OC)cc2)C(=O)N2C(=O)OC[C@@H]2Cc2ccccc2)C(=O)N2C(=O)OC[C@@H]2Cc2ccccc2)cc1. The molecule has 0 N–H and O–H groups in total. The monoisotopic (exact) mass is 702 g/mol. The molecule has 52 heavy (non-hydrogen) atoms. The smallest absolute Gasteiger partial charge is 0.417 e. The Balaban J connectivity index is 1.32. The Bertz CT molecular complexity index is 1880. The molecule has 0 bridgehead atoms. The number of hydrogen-bond donors (Lipinski definition) is 0. The van der Waals surface area contributed by atoms with Crippen LogP contribution < -0.4 is 9.47 Å². The van der Waals surface area contributed by atoms with Crippen molar-refractivity contribution in [3.8, 4) is 11.5 Å². The van der Waals surface area contributed by atoms with Gasteiger partial charge in [-0.1, -0.05) is 91.0 Å². The van der Waals surface area contributed by atoms with Crippen molar-refractivity contribution in [1.82, 2.24) is 9.80 Å². The van der Waals surface area contributed by atoms with Crippen LogP contribution in [0.15, 0.2) is 121 Å². The van der Waals surface area contributed by atoms with E-state index in [0.717, 1.165) is 22.3 Å². The van der Waals surface area contributed by atoms with Crippen molar-refractivity contribution >= 4 is 24.0 Å². The Labute approximate surface area is 303 Å².